The van der Waals surface area contributed by atoms with Gasteiger partial charge in [0.25, 0.3) is 0 Å². The molecule has 0 bridgehead atoms. The van der Waals surface area contributed by atoms with E-state index < -0.39 is 9.84 Å². The summed E-state index contributed by atoms with van der Waals surface area (Å²) in [4.78, 5) is 11.3. The molecule has 1 aromatic rings. The van der Waals surface area contributed by atoms with Crippen LogP contribution in [0.2, 0.25) is 0 Å². The van der Waals surface area contributed by atoms with Gasteiger partial charge in [-0.3, -0.25) is 4.79 Å². The topological polar surface area (TPSA) is 81.1 Å². The van der Waals surface area contributed by atoms with E-state index in [4.69, 9.17) is 0 Å². The fraction of sp³-hybridized carbons (Fsp3) is 0.636. The molecule has 0 radical (unpaired) electrons. The van der Waals surface area contributed by atoms with Crippen LogP contribution in [0.3, 0.4) is 0 Å². The van der Waals surface area contributed by atoms with Gasteiger partial charge in [-0.15, -0.1) is 0 Å². The van der Waals surface area contributed by atoms with Gasteiger partial charge in [-0.2, -0.15) is 16.9 Å². The highest BCUT2D eigenvalue weighted by Crippen LogP contribution is 2.37. The van der Waals surface area contributed by atoms with E-state index in [9.17, 15) is 13.2 Å². The van der Waals surface area contributed by atoms with E-state index in [0.29, 0.717) is 12.2 Å². The van der Waals surface area contributed by atoms with Crippen LogP contribution in [-0.2, 0) is 26.1 Å². The molecule has 1 atom stereocenters. The lowest BCUT2D eigenvalue weighted by Crippen LogP contribution is -2.18. The first-order valence-electron chi connectivity index (χ1n) is 6.12. The van der Waals surface area contributed by atoms with Crippen molar-refractivity contribution in [3.63, 3.8) is 0 Å². The van der Waals surface area contributed by atoms with Crippen LogP contribution >= 0.6 is 11.8 Å². The van der Waals surface area contributed by atoms with Crippen LogP contribution in [0.5, 0.6) is 0 Å². The summed E-state index contributed by atoms with van der Waals surface area (Å²) >= 11 is 1.76. The Morgan fingerprint density at radius 2 is 2.26 bits per heavy atom. The summed E-state index contributed by atoms with van der Waals surface area (Å²) in [6.07, 6.45) is 0.572. The minimum atomic E-state index is -2.96. The lowest BCUT2D eigenvalue weighted by molar-refractivity contribution is -0.114. The lowest BCUT2D eigenvalue weighted by Gasteiger charge is -2.14. The SMILES string of the molecule is CC(=O)Nc1c2c(nn1C1CCS(=O)(=O)C1)CSC2. The van der Waals surface area contributed by atoms with Gasteiger partial charge in [-0.1, -0.05) is 0 Å². The Kier molecular flexibility index (Phi) is 3.09. The first kappa shape index (κ1) is 13.0. The number of sulfone groups is 1. The Morgan fingerprint density at radius 1 is 1.47 bits per heavy atom. The van der Waals surface area contributed by atoms with Gasteiger partial charge < -0.3 is 5.32 Å². The molecule has 0 saturated carbocycles. The number of nitrogens with zero attached hydrogens (tertiary/aromatic N) is 2. The molecule has 3 heterocycles. The second-order valence-corrected chi connectivity index (χ2v) is 8.16. The lowest BCUT2D eigenvalue weighted by atomic mass is 10.2. The van der Waals surface area contributed by atoms with Crippen molar-refractivity contribution in [2.24, 2.45) is 0 Å². The average Bonchev–Trinajstić information content (AvgIpc) is 2.94. The molecule has 104 valence electrons. The zero-order chi connectivity index (χ0) is 13.6. The van der Waals surface area contributed by atoms with E-state index in [1.54, 1.807) is 16.4 Å². The zero-order valence-corrected chi connectivity index (χ0v) is 12.2. The standard InChI is InChI=1S/C11H15N3O3S2/c1-7(15)12-11-9-4-18-5-10(9)13-14(11)8-2-3-19(16,17)6-8/h8H,2-6H2,1H3,(H,12,15). The Bertz CT molecular complexity index is 636. The Morgan fingerprint density at radius 3 is 2.89 bits per heavy atom. The molecule has 1 N–H and O–H groups in total. The fourth-order valence-electron chi connectivity index (χ4n) is 2.56. The minimum Gasteiger partial charge on any atom is -0.311 e. The molecule has 1 aromatic heterocycles. The Balaban J connectivity index is 1.99. The predicted octanol–water partition coefficient (Wildman–Crippen LogP) is 0.948. The zero-order valence-electron chi connectivity index (χ0n) is 10.5. The summed E-state index contributed by atoms with van der Waals surface area (Å²) in [5.41, 5.74) is 2.02. The Labute approximate surface area is 115 Å². The van der Waals surface area contributed by atoms with Crippen LogP contribution in [0.15, 0.2) is 0 Å². The maximum atomic E-state index is 11.6. The number of anilines is 1. The summed E-state index contributed by atoms with van der Waals surface area (Å²) < 4.78 is 24.9. The number of thioether (sulfide) groups is 1. The molecule has 1 unspecified atom stereocenters. The third-order valence-corrected chi connectivity index (χ3v) is 6.15. The molecular weight excluding hydrogens is 286 g/mol. The van der Waals surface area contributed by atoms with E-state index in [2.05, 4.69) is 10.4 Å². The second kappa shape index (κ2) is 4.52. The highest BCUT2D eigenvalue weighted by molar-refractivity contribution is 7.98. The molecule has 1 amide bonds. The van der Waals surface area contributed by atoms with Crippen LogP contribution in [0.4, 0.5) is 5.82 Å². The summed E-state index contributed by atoms with van der Waals surface area (Å²) in [6.45, 7) is 1.46. The van der Waals surface area contributed by atoms with Crippen molar-refractivity contribution in [1.82, 2.24) is 9.78 Å². The number of amides is 1. The summed E-state index contributed by atoms with van der Waals surface area (Å²) in [6, 6.07) is -0.151. The molecule has 0 aromatic carbocycles. The van der Waals surface area contributed by atoms with Crippen molar-refractivity contribution >= 4 is 33.3 Å². The van der Waals surface area contributed by atoms with Gasteiger partial charge in [0.2, 0.25) is 5.91 Å². The average molecular weight is 301 g/mol. The van der Waals surface area contributed by atoms with E-state index in [1.165, 1.54) is 6.92 Å². The molecule has 1 fully saturated rings. The van der Waals surface area contributed by atoms with Crippen molar-refractivity contribution in [3.05, 3.63) is 11.3 Å². The van der Waals surface area contributed by atoms with Crippen LogP contribution in [0.1, 0.15) is 30.6 Å². The normalized spacial score (nSPS) is 24.4. The third-order valence-electron chi connectivity index (χ3n) is 3.43. The van der Waals surface area contributed by atoms with Crippen molar-refractivity contribution < 1.29 is 13.2 Å². The van der Waals surface area contributed by atoms with Crippen molar-refractivity contribution in [1.29, 1.82) is 0 Å². The molecule has 2 aliphatic rings. The van der Waals surface area contributed by atoms with Crippen LogP contribution in [-0.4, -0.2) is 35.6 Å². The monoisotopic (exact) mass is 301 g/mol. The molecule has 6 nitrogen and oxygen atoms in total. The van der Waals surface area contributed by atoms with E-state index >= 15 is 0 Å². The smallest absolute Gasteiger partial charge is 0.222 e. The molecule has 2 aliphatic heterocycles. The van der Waals surface area contributed by atoms with Crippen LogP contribution in [0.25, 0.3) is 0 Å². The van der Waals surface area contributed by atoms with Crippen LogP contribution < -0.4 is 5.32 Å². The summed E-state index contributed by atoms with van der Waals surface area (Å²) in [5, 5.41) is 7.32. The third kappa shape index (κ3) is 2.38. The highest BCUT2D eigenvalue weighted by Gasteiger charge is 2.34. The molecule has 19 heavy (non-hydrogen) atoms. The maximum absolute atomic E-state index is 11.6. The molecule has 8 heteroatoms. The maximum Gasteiger partial charge on any atom is 0.222 e. The number of hydrogen-bond acceptors (Lipinski definition) is 5. The molecule has 0 aliphatic carbocycles. The van der Waals surface area contributed by atoms with Gasteiger partial charge in [-0.05, 0) is 6.42 Å². The van der Waals surface area contributed by atoms with E-state index in [1.807, 2.05) is 0 Å². The number of rotatable bonds is 2. The first-order chi connectivity index (χ1) is 8.96. The van der Waals surface area contributed by atoms with Gasteiger partial charge in [-0.25, -0.2) is 13.1 Å². The second-order valence-electron chi connectivity index (χ2n) is 4.95. The predicted molar refractivity (Wildman–Crippen MR) is 73.8 cm³/mol. The van der Waals surface area contributed by atoms with Crippen LogP contribution in [0, 0.1) is 0 Å². The molecule has 1 saturated heterocycles. The summed E-state index contributed by atoms with van der Waals surface area (Å²) in [7, 11) is -2.96. The summed E-state index contributed by atoms with van der Waals surface area (Å²) in [5.74, 6) is 2.51. The number of carbonyl (C=O) groups is 1. The number of nitrogens with one attached hydrogen (secondary N) is 1. The largest absolute Gasteiger partial charge is 0.311 e. The molecule has 0 spiro atoms. The molecule has 3 rings (SSSR count). The van der Waals surface area contributed by atoms with Crippen molar-refractivity contribution in [2.45, 2.75) is 30.9 Å². The van der Waals surface area contributed by atoms with E-state index in [-0.39, 0.29) is 23.5 Å². The highest BCUT2D eigenvalue weighted by atomic mass is 32.2. The number of carbonyl (C=O) groups excluding carboxylic acids is 1. The first-order valence-corrected chi connectivity index (χ1v) is 9.10. The number of fused-ring (bicyclic) bond motifs is 1. The van der Waals surface area contributed by atoms with Crippen molar-refractivity contribution in [3.8, 4) is 0 Å². The fourth-order valence-corrected chi connectivity index (χ4v) is 5.29. The number of aromatic nitrogens is 2. The van der Waals surface area contributed by atoms with E-state index in [0.717, 1.165) is 22.8 Å². The van der Waals surface area contributed by atoms with Crippen molar-refractivity contribution in [2.75, 3.05) is 16.8 Å². The van der Waals surface area contributed by atoms with Gasteiger partial charge in [0.15, 0.2) is 9.84 Å². The minimum absolute atomic E-state index is 0.118. The van der Waals surface area contributed by atoms with Gasteiger partial charge in [0.05, 0.1) is 23.2 Å². The quantitative estimate of drug-likeness (QED) is 0.879. The Hall–Kier alpha value is -1.02. The van der Waals surface area contributed by atoms with Gasteiger partial charge in [0.1, 0.15) is 5.82 Å². The number of hydrogen-bond donors (Lipinski definition) is 1. The van der Waals surface area contributed by atoms with Gasteiger partial charge >= 0.3 is 0 Å². The molecular formula is C11H15N3O3S2. The van der Waals surface area contributed by atoms with Gasteiger partial charge in [0, 0.05) is 24.0 Å².